The maximum absolute atomic E-state index is 12.5. The van der Waals surface area contributed by atoms with Gasteiger partial charge in [0, 0.05) is 44.8 Å². The Bertz CT molecular complexity index is 673. The van der Waals surface area contributed by atoms with Crippen molar-refractivity contribution in [3.63, 3.8) is 0 Å². The molecular weight excluding hydrogens is 348 g/mol. The molecule has 1 atom stereocenters. The lowest BCUT2D eigenvalue weighted by Gasteiger charge is -2.37. The molecule has 1 saturated carbocycles. The first-order valence-electron chi connectivity index (χ1n) is 11.3. The third-order valence-corrected chi connectivity index (χ3v) is 7.17. The zero-order valence-electron chi connectivity index (χ0n) is 17.7. The summed E-state index contributed by atoms with van der Waals surface area (Å²) in [6.07, 6.45) is 7.88. The van der Waals surface area contributed by atoms with Gasteiger partial charge in [-0.2, -0.15) is 0 Å². The molecule has 2 saturated heterocycles. The van der Waals surface area contributed by atoms with Crippen molar-refractivity contribution in [2.24, 2.45) is 5.41 Å². The van der Waals surface area contributed by atoms with Gasteiger partial charge < -0.3 is 9.64 Å². The molecule has 4 nitrogen and oxygen atoms in total. The molecule has 0 amide bonds. The van der Waals surface area contributed by atoms with Crippen molar-refractivity contribution in [2.45, 2.75) is 70.8 Å². The molecule has 2 heterocycles. The zero-order valence-corrected chi connectivity index (χ0v) is 17.7. The van der Waals surface area contributed by atoms with Crippen molar-refractivity contribution >= 4 is 11.7 Å². The van der Waals surface area contributed by atoms with E-state index in [4.69, 9.17) is 4.74 Å². The summed E-state index contributed by atoms with van der Waals surface area (Å²) < 4.78 is 5.80. The molecule has 1 aromatic carbocycles. The SMILES string of the molecule is CC(C)c1ccccc1N1CCN(CC[C@@H]2CC3(CCCCC3)C(=O)O2)CC1. The Hall–Kier alpha value is -1.55. The largest absolute Gasteiger partial charge is 0.462 e. The fourth-order valence-corrected chi connectivity index (χ4v) is 5.44. The van der Waals surface area contributed by atoms with Crippen molar-refractivity contribution < 1.29 is 9.53 Å². The van der Waals surface area contributed by atoms with Gasteiger partial charge in [0.25, 0.3) is 0 Å². The molecule has 154 valence electrons. The molecule has 0 unspecified atom stereocenters. The lowest BCUT2D eigenvalue weighted by atomic mass is 9.72. The Kier molecular flexibility index (Phi) is 5.96. The van der Waals surface area contributed by atoms with Crippen LogP contribution in [0.3, 0.4) is 0 Å². The van der Waals surface area contributed by atoms with Gasteiger partial charge in [-0.3, -0.25) is 9.69 Å². The fraction of sp³-hybridized carbons (Fsp3) is 0.708. The fourth-order valence-electron chi connectivity index (χ4n) is 5.44. The van der Waals surface area contributed by atoms with E-state index >= 15 is 0 Å². The highest BCUT2D eigenvalue weighted by molar-refractivity contribution is 5.79. The summed E-state index contributed by atoms with van der Waals surface area (Å²) in [6.45, 7) is 9.95. The number of hydrogen-bond acceptors (Lipinski definition) is 4. The highest BCUT2D eigenvalue weighted by atomic mass is 16.6. The Morgan fingerprint density at radius 3 is 2.50 bits per heavy atom. The molecule has 0 radical (unpaired) electrons. The molecule has 0 N–H and O–H groups in total. The topological polar surface area (TPSA) is 32.8 Å². The molecular formula is C24H36N2O2. The highest BCUT2D eigenvalue weighted by Gasteiger charge is 2.48. The molecule has 1 spiro atoms. The number of hydrogen-bond donors (Lipinski definition) is 0. The van der Waals surface area contributed by atoms with Crippen LogP contribution in [0.4, 0.5) is 5.69 Å². The van der Waals surface area contributed by atoms with Crippen LogP contribution < -0.4 is 4.90 Å². The van der Waals surface area contributed by atoms with Crippen LogP contribution in [-0.4, -0.2) is 49.7 Å². The first kappa shape index (κ1) is 19.8. The summed E-state index contributed by atoms with van der Waals surface area (Å²) in [5.41, 5.74) is 2.73. The number of rotatable bonds is 5. The number of piperazine rings is 1. The Balaban J connectivity index is 1.26. The summed E-state index contributed by atoms with van der Waals surface area (Å²) >= 11 is 0. The normalized spacial score (nSPS) is 25.5. The molecule has 3 fully saturated rings. The first-order chi connectivity index (χ1) is 13.6. The molecule has 4 rings (SSSR count). The number of cyclic esters (lactones) is 1. The third-order valence-electron chi connectivity index (χ3n) is 7.17. The van der Waals surface area contributed by atoms with Crippen LogP contribution in [-0.2, 0) is 9.53 Å². The Morgan fingerprint density at radius 1 is 1.07 bits per heavy atom. The summed E-state index contributed by atoms with van der Waals surface area (Å²) in [5.74, 6) is 0.658. The summed E-state index contributed by atoms with van der Waals surface area (Å²) in [4.78, 5) is 17.5. The van der Waals surface area contributed by atoms with E-state index in [-0.39, 0.29) is 17.5 Å². The predicted octanol–water partition coefficient (Wildman–Crippen LogP) is 4.59. The Morgan fingerprint density at radius 2 is 1.79 bits per heavy atom. The molecule has 1 aromatic rings. The molecule has 3 aliphatic rings. The standard InChI is InChI=1S/C24H36N2O2/c1-19(2)21-8-4-5-9-22(21)26-16-14-25(15-17-26)13-10-20-18-24(23(27)28-20)11-6-3-7-12-24/h4-5,8-9,19-20H,3,6-7,10-18H2,1-2H3/t20-/m1/s1. The van der Waals surface area contributed by atoms with E-state index in [9.17, 15) is 4.79 Å². The van der Waals surface area contributed by atoms with Crippen LogP contribution in [0.2, 0.25) is 0 Å². The second kappa shape index (κ2) is 8.44. The molecule has 0 aromatic heterocycles. The van der Waals surface area contributed by atoms with E-state index in [0.29, 0.717) is 5.92 Å². The molecule has 1 aliphatic carbocycles. The van der Waals surface area contributed by atoms with Crippen molar-refractivity contribution in [3.05, 3.63) is 29.8 Å². The number of benzene rings is 1. The van der Waals surface area contributed by atoms with Crippen molar-refractivity contribution in [3.8, 4) is 0 Å². The van der Waals surface area contributed by atoms with Gasteiger partial charge in [-0.15, -0.1) is 0 Å². The molecule has 2 aliphatic heterocycles. The van der Waals surface area contributed by atoms with Gasteiger partial charge in [0.15, 0.2) is 0 Å². The zero-order chi connectivity index (χ0) is 19.6. The van der Waals surface area contributed by atoms with Crippen LogP contribution in [0.1, 0.15) is 70.3 Å². The number of carbonyl (C=O) groups is 1. The van der Waals surface area contributed by atoms with Gasteiger partial charge in [-0.1, -0.05) is 51.3 Å². The van der Waals surface area contributed by atoms with Gasteiger partial charge in [0.2, 0.25) is 0 Å². The van der Waals surface area contributed by atoms with Crippen molar-refractivity contribution in [1.29, 1.82) is 0 Å². The number of ether oxygens (including phenoxy) is 1. The van der Waals surface area contributed by atoms with E-state index in [1.807, 2.05) is 0 Å². The first-order valence-corrected chi connectivity index (χ1v) is 11.3. The maximum atomic E-state index is 12.5. The number of esters is 1. The van der Waals surface area contributed by atoms with Crippen LogP contribution in [0.15, 0.2) is 24.3 Å². The average molecular weight is 385 g/mol. The number of carbonyl (C=O) groups excluding carboxylic acids is 1. The molecule has 4 heteroatoms. The van der Waals surface area contributed by atoms with Gasteiger partial charge in [-0.05, 0) is 36.8 Å². The second-order valence-electron chi connectivity index (χ2n) is 9.40. The monoisotopic (exact) mass is 384 g/mol. The smallest absolute Gasteiger partial charge is 0.312 e. The van der Waals surface area contributed by atoms with Crippen LogP contribution in [0, 0.1) is 5.41 Å². The van der Waals surface area contributed by atoms with Gasteiger partial charge >= 0.3 is 5.97 Å². The number of anilines is 1. The maximum Gasteiger partial charge on any atom is 0.312 e. The van der Waals surface area contributed by atoms with Crippen molar-refractivity contribution in [2.75, 3.05) is 37.6 Å². The van der Waals surface area contributed by atoms with Gasteiger partial charge in [0.05, 0.1) is 5.41 Å². The van der Waals surface area contributed by atoms with Crippen LogP contribution >= 0.6 is 0 Å². The van der Waals surface area contributed by atoms with Gasteiger partial charge in [0.1, 0.15) is 6.10 Å². The number of nitrogens with zero attached hydrogens (tertiary/aromatic N) is 2. The minimum absolute atomic E-state index is 0.104. The lowest BCUT2D eigenvalue weighted by molar-refractivity contribution is -0.150. The molecule has 28 heavy (non-hydrogen) atoms. The van der Waals surface area contributed by atoms with E-state index < -0.39 is 0 Å². The summed E-state index contributed by atoms with van der Waals surface area (Å²) in [7, 11) is 0. The van der Waals surface area contributed by atoms with Crippen LogP contribution in [0.5, 0.6) is 0 Å². The van der Waals surface area contributed by atoms with Crippen molar-refractivity contribution in [1.82, 2.24) is 4.90 Å². The quantitative estimate of drug-likeness (QED) is 0.695. The molecule has 0 bridgehead atoms. The minimum atomic E-state index is -0.123. The highest BCUT2D eigenvalue weighted by Crippen LogP contribution is 2.46. The van der Waals surface area contributed by atoms with E-state index in [1.165, 1.54) is 30.5 Å². The summed E-state index contributed by atoms with van der Waals surface area (Å²) in [6, 6.07) is 8.84. The van der Waals surface area contributed by atoms with E-state index in [0.717, 1.165) is 58.4 Å². The van der Waals surface area contributed by atoms with E-state index in [2.05, 4.69) is 47.9 Å². The van der Waals surface area contributed by atoms with Crippen LogP contribution in [0.25, 0.3) is 0 Å². The second-order valence-corrected chi connectivity index (χ2v) is 9.40. The Labute approximate surface area is 170 Å². The lowest BCUT2D eigenvalue weighted by Crippen LogP contribution is -2.47. The summed E-state index contributed by atoms with van der Waals surface area (Å²) in [5, 5.41) is 0. The van der Waals surface area contributed by atoms with E-state index in [1.54, 1.807) is 0 Å². The number of para-hydroxylation sites is 1. The average Bonchev–Trinajstić information content (AvgIpc) is 3.02. The predicted molar refractivity (Wildman–Crippen MR) is 114 cm³/mol. The van der Waals surface area contributed by atoms with Gasteiger partial charge in [-0.25, -0.2) is 0 Å². The third kappa shape index (κ3) is 4.07. The minimum Gasteiger partial charge on any atom is -0.462 e.